The van der Waals surface area contributed by atoms with Crippen LogP contribution in [0.5, 0.6) is 5.75 Å². The Kier molecular flexibility index (Phi) is 7.29. The molecule has 2 aromatic carbocycles. The number of piperidine rings is 1. The topological polar surface area (TPSA) is 75.7 Å². The average Bonchev–Trinajstić information content (AvgIpc) is 2.75. The van der Waals surface area contributed by atoms with E-state index in [1.165, 1.54) is 22.5 Å². The first-order chi connectivity index (χ1) is 14.2. The fourth-order valence-electron chi connectivity index (χ4n) is 3.50. The van der Waals surface area contributed by atoms with Crippen LogP contribution in [0.1, 0.15) is 31.4 Å². The summed E-state index contributed by atoms with van der Waals surface area (Å²) in [4.78, 5) is 12.8. The van der Waals surface area contributed by atoms with Crippen LogP contribution in [0, 0.1) is 5.92 Å². The second-order valence-electron chi connectivity index (χ2n) is 7.28. The van der Waals surface area contributed by atoms with Crippen LogP contribution < -0.4 is 10.1 Å². The first kappa shape index (κ1) is 22.9. The van der Waals surface area contributed by atoms with E-state index in [-0.39, 0.29) is 33.4 Å². The summed E-state index contributed by atoms with van der Waals surface area (Å²) in [5.74, 6) is 0.132. The van der Waals surface area contributed by atoms with Crippen LogP contribution in [-0.4, -0.2) is 38.8 Å². The molecule has 1 fully saturated rings. The van der Waals surface area contributed by atoms with E-state index < -0.39 is 15.9 Å². The van der Waals surface area contributed by atoms with Crippen molar-refractivity contribution in [2.75, 3.05) is 20.2 Å². The maximum Gasteiger partial charge on any atom is 0.244 e. The Labute approximate surface area is 187 Å². The molecule has 0 aromatic heterocycles. The molecule has 0 bridgehead atoms. The Morgan fingerprint density at radius 2 is 1.90 bits per heavy atom. The average molecular weight is 471 g/mol. The molecule has 9 heteroatoms. The van der Waals surface area contributed by atoms with Gasteiger partial charge in [0.1, 0.15) is 10.6 Å². The number of rotatable bonds is 6. The van der Waals surface area contributed by atoms with Crippen molar-refractivity contribution in [3.63, 3.8) is 0 Å². The fraction of sp³-hybridized carbons (Fsp3) is 0.381. The number of methoxy groups -OCH3 is 1. The molecule has 3 rings (SSSR count). The Hall–Kier alpha value is -1.80. The van der Waals surface area contributed by atoms with Gasteiger partial charge in [-0.1, -0.05) is 35.3 Å². The molecule has 1 heterocycles. The van der Waals surface area contributed by atoms with Gasteiger partial charge in [-0.2, -0.15) is 4.31 Å². The number of carbonyl (C=O) groups excluding carboxylic acids is 1. The highest BCUT2D eigenvalue weighted by Gasteiger charge is 2.34. The molecule has 0 aliphatic carbocycles. The van der Waals surface area contributed by atoms with Gasteiger partial charge in [0.05, 0.1) is 24.1 Å². The Balaban J connectivity index is 1.70. The van der Waals surface area contributed by atoms with Crippen LogP contribution >= 0.6 is 23.2 Å². The number of carbonyl (C=O) groups is 1. The zero-order chi connectivity index (χ0) is 21.9. The van der Waals surface area contributed by atoms with E-state index in [4.69, 9.17) is 27.9 Å². The van der Waals surface area contributed by atoms with E-state index in [0.29, 0.717) is 19.4 Å². The molecule has 162 valence electrons. The van der Waals surface area contributed by atoms with Gasteiger partial charge in [0.15, 0.2) is 0 Å². The zero-order valence-electron chi connectivity index (χ0n) is 16.8. The van der Waals surface area contributed by atoms with E-state index in [0.717, 1.165) is 11.3 Å². The molecule has 6 nitrogen and oxygen atoms in total. The quantitative estimate of drug-likeness (QED) is 0.683. The van der Waals surface area contributed by atoms with Gasteiger partial charge < -0.3 is 10.1 Å². The monoisotopic (exact) mass is 470 g/mol. The van der Waals surface area contributed by atoms with Crippen molar-refractivity contribution in [2.45, 2.75) is 30.7 Å². The molecule has 0 saturated carbocycles. The third-order valence-corrected chi connectivity index (χ3v) is 7.82. The lowest BCUT2D eigenvalue weighted by molar-refractivity contribution is -0.126. The number of nitrogens with zero attached hydrogens (tertiary/aromatic N) is 1. The lowest BCUT2D eigenvalue weighted by Crippen LogP contribution is -2.45. The summed E-state index contributed by atoms with van der Waals surface area (Å²) in [5, 5.41) is 3.39. The van der Waals surface area contributed by atoms with E-state index in [1.807, 2.05) is 31.2 Å². The van der Waals surface area contributed by atoms with Gasteiger partial charge in [-0.05, 0) is 55.7 Å². The molecule has 0 unspecified atom stereocenters. The van der Waals surface area contributed by atoms with Gasteiger partial charge in [-0.15, -0.1) is 0 Å². The van der Waals surface area contributed by atoms with Crippen LogP contribution in [0.2, 0.25) is 10.0 Å². The Morgan fingerprint density at radius 1 is 1.20 bits per heavy atom. The third kappa shape index (κ3) is 5.09. The number of ether oxygens (including phenoxy) is 1. The molecule has 1 aliphatic heterocycles. The number of benzene rings is 2. The predicted octanol–water partition coefficient (Wildman–Crippen LogP) is 4.28. The summed E-state index contributed by atoms with van der Waals surface area (Å²) in [7, 11) is -2.25. The maximum atomic E-state index is 13.1. The number of halogens is 2. The fourth-order valence-corrected chi connectivity index (χ4v) is 5.76. The van der Waals surface area contributed by atoms with Crippen LogP contribution in [0.3, 0.4) is 0 Å². The second-order valence-corrected chi connectivity index (χ2v) is 10.0. The summed E-state index contributed by atoms with van der Waals surface area (Å²) < 4.78 is 32.6. The molecule has 0 spiro atoms. The number of amides is 1. The molecule has 1 amide bonds. The highest BCUT2D eigenvalue weighted by molar-refractivity contribution is 7.89. The molecule has 2 aromatic rings. The SMILES string of the molecule is COc1ccc([C@@H](C)NC(=O)[C@H]2CCCN(S(=O)(=O)c3cc(Cl)ccc3Cl)C2)cc1. The molecular weight excluding hydrogens is 447 g/mol. The predicted molar refractivity (Wildman–Crippen MR) is 117 cm³/mol. The largest absolute Gasteiger partial charge is 0.497 e. The van der Waals surface area contributed by atoms with E-state index in [1.54, 1.807) is 7.11 Å². The minimum Gasteiger partial charge on any atom is -0.497 e. The Morgan fingerprint density at radius 3 is 2.57 bits per heavy atom. The van der Waals surface area contributed by atoms with Gasteiger partial charge in [0.25, 0.3) is 0 Å². The molecule has 1 N–H and O–H groups in total. The van der Waals surface area contributed by atoms with Gasteiger partial charge in [0, 0.05) is 18.1 Å². The van der Waals surface area contributed by atoms with Gasteiger partial charge in [-0.25, -0.2) is 8.42 Å². The molecule has 0 radical (unpaired) electrons. The van der Waals surface area contributed by atoms with Crippen molar-refractivity contribution in [2.24, 2.45) is 5.92 Å². The first-order valence-corrected chi connectivity index (χ1v) is 11.8. The third-order valence-electron chi connectivity index (χ3n) is 5.24. The lowest BCUT2D eigenvalue weighted by Gasteiger charge is -2.32. The molecule has 1 saturated heterocycles. The van der Waals surface area contributed by atoms with Crippen molar-refractivity contribution in [1.82, 2.24) is 9.62 Å². The minimum absolute atomic E-state index is 0.0377. The van der Waals surface area contributed by atoms with Crippen LogP contribution in [-0.2, 0) is 14.8 Å². The van der Waals surface area contributed by atoms with Gasteiger partial charge in [-0.3, -0.25) is 4.79 Å². The summed E-state index contributed by atoms with van der Waals surface area (Å²) in [6, 6.07) is 11.6. The molecule has 2 atom stereocenters. The van der Waals surface area contributed by atoms with E-state index in [2.05, 4.69) is 5.32 Å². The highest BCUT2D eigenvalue weighted by Crippen LogP contribution is 2.30. The van der Waals surface area contributed by atoms with Crippen LogP contribution in [0.15, 0.2) is 47.4 Å². The van der Waals surface area contributed by atoms with Gasteiger partial charge in [0.2, 0.25) is 15.9 Å². The molecule has 1 aliphatic rings. The smallest absolute Gasteiger partial charge is 0.244 e. The summed E-state index contributed by atoms with van der Waals surface area (Å²) in [5.41, 5.74) is 0.940. The second kappa shape index (κ2) is 9.56. The first-order valence-electron chi connectivity index (χ1n) is 9.62. The van der Waals surface area contributed by atoms with Crippen molar-refractivity contribution < 1.29 is 17.9 Å². The van der Waals surface area contributed by atoms with E-state index in [9.17, 15) is 13.2 Å². The van der Waals surface area contributed by atoms with Crippen molar-refractivity contribution in [3.05, 3.63) is 58.1 Å². The lowest BCUT2D eigenvalue weighted by atomic mass is 9.98. The maximum absolute atomic E-state index is 13.1. The standard InChI is InChI=1S/C21H24Cl2N2O4S/c1-14(15-5-8-18(29-2)9-6-15)24-21(26)16-4-3-11-25(13-16)30(27,28)20-12-17(22)7-10-19(20)23/h5-10,12,14,16H,3-4,11,13H2,1-2H3,(H,24,26)/t14-,16+/m1/s1. The summed E-state index contributed by atoms with van der Waals surface area (Å²) >= 11 is 12.1. The highest BCUT2D eigenvalue weighted by atomic mass is 35.5. The zero-order valence-corrected chi connectivity index (χ0v) is 19.1. The Bertz CT molecular complexity index is 1010. The van der Waals surface area contributed by atoms with Crippen LogP contribution in [0.4, 0.5) is 0 Å². The summed E-state index contributed by atoms with van der Waals surface area (Å²) in [6.07, 6.45) is 1.21. The summed E-state index contributed by atoms with van der Waals surface area (Å²) in [6.45, 7) is 2.33. The van der Waals surface area contributed by atoms with Crippen molar-refractivity contribution >= 4 is 39.1 Å². The number of hydrogen-bond acceptors (Lipinski definition) is 4. The number of nitrogens with one attached hydrogen (secondary N) is 1. The molecular formula is C21H24Cl2N2O4S. The molecule has 30 heavy (non-hydrogen) atoms. The minimum atomic E-state index is -3.85. The van der Waals surface area contributed by atoms with Crippen molar-refractivity contribution in [3.8, 4) is 5.75 Å². The van der Waals surface area contributed by atoms with Crippen molar-refractivity contribution in [1.29, 1.82) is 0 Å². The van der Waals surface area contributed by atoms with Crippen LogP contribution in [0.25, 0.3) is 0 Å². The van der Waals surface area contributed by atoms with Gasteiger partial charge >= 0.3 is 0 Å². The van der Waals surface area contributed by atoms with E-state index >= 15 is 0 Å². The number of sulfonamides is 1. The number of hydrogen-bond donors (Lipinski definition) is 1. The normalized spacial score (nSPS) is 18.6.